The van der Waals surface area contributed by atoms with Crippen LogP contribution in [0.1, 0.15) is 29.5 Å². The highest BCUT2D eigenvalue weighted by Crippen LogP contribution is 2.31. The van der Waals surface area contributed by atoms with Crippen molar-refractivity contribution in [2.75, 3.05) is 6.54 Å². The molecule has 2 atom stereocenters. The molecular weight excluding hydrogens is 174 g/mol. The third kappa shape index (κ3) is 1.56. The molecule has 2 N–H and O–H groups in total. The average molecular weight is 191 g/mol. The molecule has 0 radical (unpaired) electrons. The molecule has 1 heterocycles. The molecule has 0 aliphatic carbocycles. The van der Waals surface area contributed by atoms with Gasteiger partial charge in [0, 0.05) is 12.5 Å². The van der Waals surface area contributed by atoms with Gasteiger partial charge in [0.25, 0.3) is 0 Å². The number of hydrogen-bond donors (Lipinski definition) is 1. The number of benzene rings is 1. The van der Waals surface area contributed by atoms with E-state index in [-0.39, 0.29) is 6.10 Å². The number of nitrogens with two attached hydrogens (primary N) is 1. The molecule has 1 aliphatic heterocycles. The second-order valence-electron chi connectivity index (χ2n) is 4.06. The molecule has 0 saturated heterocycles. The van der Waals surface area contributed by atoms with E-state index in [0.717, 1.165) is 6.61 Å². The summed E-state index contributed by atoms with van der Waals surface area (Å²) in [4.78, 5) is 0. The lowest BCUT2D eigenvalue weighted by molar-refractivity contribution is 0.0220. The lowest BCUT2D eigenvalue weighted by Gasteiger charge is -2.31. The van der Waals surface area contributed by atoms with E-state index in [1.807, 2.05) is 0 Å². The van der Waals surface area contributed by atoms with Gasteiger partial charge in [-0.3, -0.25) is 0 Å². The Morgan fingerprint density at radius 2 is 2.29 bits per heavy atom. The summed E-state index contributed by atoms with van der Waals surface area (Å²) in [6.07, 6.45) is 0.245. The van der Waals surface area contributed by atoms with Gasteiger partial charge in [-0.05, 0) is 25.0 Å². The van der Waals surface area contributed by atoms with Gasteiger partial charge in [-0.2, -0.15) is 0 Å². The van der Waals surface area contributed by atoms with Crippen LogP contribution in [0.2, 0.25) is 0 Å². The fourth-order valence-electron chi connectivity index (χ4n) is 2.10. The summed E-state index contributed by atoms with van der Waals surface area (Å²) < 4.78 is 5.67. The minimum atomic E-state index is 0.245. The topological polar surface area (TPSA) is 35.2 Å². The molecule has 2 nitrogen and oxygen atoms in total. The molecule has 1 aromatic rings. The summed E-state index contributed by atoms with van der Waals surface area (Å²) in [6, 6.07) is 6.52. The van der Waals surface area contributed by atoms with Gasteiger partial charge in [-0.15, -0.1) is 0 Å². The first-order valence-corrected chi connectivity index (χ1v) is 5.13. The Kier molecular flexibility index (Phi) is 2.57. The molecule has 0 saturated carbocycles. The maximum Gasteiger partial charge on any atom is 0.0723 e. The Bertz CT molecular complexity index is 335. The van der Waals surface area contributed by atoms with Crippen molar-refractivity contribution in [3.05, 3.63) is 34.9 Å². The number of fused-ring (bicyclic) bond motifs is 1. The quantitative estimate of drug-likeness (QED) is 0.736. The molecule has 0 bridgehead atoms. The van der Waals surface area contributed by atoms with Crippen molar-refractivity contribution >= 4 is 0 Å². The van der Waals surface area contributed by atoms with E-state index in [0.29, 0.717) is 12.5 Å². The normalized spacial score (nSPS) is 25.9. The van der Waals surface area contributed by atoms with Crippen molar-refractivity contribution < 1.29 is 4.74 Å². The van der Waals surface area contributed by atoms with E-state index in [2.05, 4.69) is 32.0 Å². The highest BCUT2D eigenvalue weighted by Gasteiger charge is 2.25. The molecular formula is C12H17NO. The second kappa shape index (κ2) is 3.71. The van der Waals surface area contributed by atoms with Gasteiger partial charge in [0.2, 0.25) is 0 Å². The first-order valence-electron chi connectivity index (χ1n) is 5.13. The van der Waals surface area contributed by atoms with E-state index < -0.39 is 0 Å². The van der Waals surface area contributed by atoms with E-state index in [9.17, 15) is 0 Å². The molecule has 2 heteroatoms. The smallest absolute Gasteiger partial charge is 0.0723 e. The van der Waals surface area contributed by atoms with Crippen LogP contribution in [0.5, 0.6) is 0 Å². The molecule has 0 amide bonds. The Balaban J connectivity index is 2.43. The van der Waals surface area contributed by atoms with Gasteiger partial charge in [-0.25, -0.2) is 0 Å². The largest absolute Gasteiger partial charge is 0.373 e. The van der Waals surface area contributed by atoms with Gasteiger partial charge >= 0.3 is 0 Å². The predicted molar refractivity (Wildman–Crippen MR) is 57.2 cm³/mol. The molecule has 14 heavy (non-hydrogen) atoms. The van der Waals surface area contributed by atoms with Crippen LogP contribution in [0.3, 0.4) is 0 Å². The monoisotopic (exact) mass is 191 g/mol. The van der Waals surface area contributed by atoms with Crippen LogP contribution in [0.4, 0.5) is 0 Å². The van der Waals surface area contributed by atoms with Crippen molar-refractivity contribution in [1.82, 2.24) is 0 Å². The zero-order valence-corrected chi connectivity index (χ0v) is 8.79. The van der Waals surface area contributed by atoms with Gasteiger partial charge in [-0.1, -0.05) is 23.8 Å². The van der Waals surface area contributed by atoms with Crippen LogP contribution < -0.4 is 5.73 Å². The molecule has 1 aliphatic rings. The van der Waals surface area contributed by atoms with Crippen LogP contribution >= 0.6 is 0 Å². The zero-order chi connectivity index (χ0) is 10.1. The molecule has 76 valence electrons. The summed E-state index contributed by atoms with van der Waals surface area (Å²) in [5, 5.41) is 0. The predicted octanol–water partition coefficient (Wildman–Crippen LogP) is 1.96. The lowest BCUT2D eigenvalue weighted by atomic mass is 9.87. The van der Waals surface area contributed by atoms with Crippen LogP contribution in [-0.4, -0.2) is 12.6 Å². The van der Waals surface area contributed by atoms with Crippen LogP contribution in [0.25, 0.3) is 0 Å². The summed E-state index contributed by atoms with van der Waals surface area (Å²) in [6.45, 7) is 5.61. The van der Waals surface area contributed by atoms with Gasteiger partial charge in [0.15, 0.2) is 0 Å². The SMILES string of the molecule is Cc1ccc2c(c1)C(CN)C(C)OC2. The number of rotatable bonds is 1. The van der Waals surface area contributed by atoms with Crippen molar-refractivity contribution in [3.63, 3.8) is 0 Å². The van der Waals surface area contributed by atoms with Crippen molar-refractivity contribution in [2.45, 2.75) is 32.5 Å². The molecule has 2 unspecified atom stereocenters. The minimum Gasteiger partial charge on any atom is -0.373 e. The van der Waals surface area contributed by atoms with Crippen molar-refractivity contribution in [3.8, 4) is 0 Å². The van der Waals surface area contributed by atoms with E-state index in [1.165, 1.54) is 16.7 Å². The van der Waals surface area contributed by atoms with Crippen LogP contribution in [0.15, 0.2) is 18.2 Å². The summed E-state index contributed by atoms with van der Waals surface area (Å²) in [5.74, 6) is 0.360. The number of aryl methyl sites for hydroxylation is 1. The molecule has 0 spiro atoms. The molecule has 0 aromatic heterocycles. The number of hydrogen-bond acceptors (Lipinski definition) is 2. The second-order valence-corrected chi connectivity index (χ2v) is 4.06. The van der Waals surface area contributed by atoms with E-state index in [4.69, 9.17) is 10.5 Å². The van der Waals surface area contributed by atoms with E-state index >= 15 is 0 Å². The average Bonchev–Trinajstić information content (AvgIpc) is 2.17. The highest BCUT2D eigenvalue weighted by atomic mass is 16.5. The minimum absolute atomic E-state index is 0.245. The van der Waals surface area contributed by atoms with Gasteiger partial charge in [0.05, 0.1) is 12.7 Å². The number of ether oxygens (including phenoxy) is 1. The van der Waals surface area contributed by atoms with E-state index in [1.54, 1.807) is 0 Å². The van der Waals surface area contributed by atoms with Crippen LogP contribution in [0, 0.1) is 6.92 Å². The Morgan fingerprint density at radius 1 is 1.50 bits per heavy atom. The first-order chi connectivity index (χ1) is 6.72. The summed E-state index contributed by atoms with van der Waals surface area (Å²) in [7, 11) is 0. The summed E-state index contributed by atoms with van der Waals surface area (Å²) >= 11 is 0. The lowest BCUT2D eigenvalue weighted by Crippen LogP contribution is -2.30. The van der Waals surface area contributed by atoms with Gasteiger partial charge in [0.1, 0.15) is 0 Å². The van der Waals surface area contributed by atoms with Crippen molar-refractivity contribution in [1.29, 1.82) is 0 Å². The molecule has 0 fully saturated rings. The zero-order valence-electron chi connectivity index (χ0n) is 8.79. The third-order valence-electron chi connectivity index (χ3n) is 3.02. The van der Waals surface area contributed by atoms with Gasteiger partial charge < -0.3 is 10.5 Å². The Labute approximate surface area is 85.1 Å². The third-order valence-corrected chi connectivity index (χ3v) is 3.02. The fourth-order valence-corrected chi connectivity index (χ4v) is 2.10. The standard InChI is InChI=1S/C12H17NO/c1-8-3-4-10-7-14-9(2)12(6-13)11(10)5-8/h3-5,9,12H,6-7,13H2,1-2H3. The van der Waals surface area contributed by atoms with Crippen LogP contribution in [-0.2, 0) is 11.3 Å². The maximum absolute atomic E-state index is 5.78. The molecule has 2 rings (SSSR count). The Hall–Kier alpha value is -0.860. The highest BCUT2D eigenvalue weighted by molar-refractivity contribution is 5.36. The molecule has 1 aromatic carbocycles. The summed E-state index contributed by atoms with van der Waals surface area (Å²) in [5.41, 5.74) is 9.76. The van der Waals surface area contributed by atoms with Crippen molar-refractivity contribution in [2.24, 2.45) is 5.73 Å². The Morgan fingerprint density at radius 3 is 3.00 bits per heavy atom. The first kappa shape index (κ1) is 9.69. The maximum atomic E-state index is 5.78. The fraction of sp³-hybridized carbons (Fsp3) is 0.500.